The minimum Gasteiger partial charge on any atom is -0.481 e. The predicted octanol–water partition coefficient (Wildman–Crippen LogP) is 2.75. The van der Waals surface area contributed by atoms with E-state index < -0.39 is 23.1 Å². The normalized spacial score (nSPS) is 19.3. The summed E-state index contributed by atoms with van der Waals surface area (Å²) < 4.78 is 27.4. The van der Waals surface area contributed by atoms with Gasteiger partial charge in [0, 0.05) is 5.56 Å². The third-order valence-electron chi connectivity index (χ3n) is 3.83. The highest BCUT2D eigenvalue weighted by Crippen LogP contribution is 2.36. The molecule has 0 bridgehead atoms. The number of carboxylic acids is 1. The molecule has 19 heavy (non-hydrogen) atoms. The van der Waals surface area contributed by atoms with Gasteiger partial charge >= 0.3 is 5.97 Å². The van der Waals surface area contributed by atoms with Crippen LogP contribution in [-0.4, -0.2) is 29.1 Å². The van der Waals surface area contributed by atoms with Crippen LogP contribution in [0, 0.1) is 11.6 Å². The maximum Gasteiger partial charge on any atom is 0.305 e. The second-order valence-corrected chi connectivity index (χ2v) is 5.14. The third-order valence-corrected chi connectivity index (χ3v) is 3.83. The van der Waals surface area contributed by atoms with Crippen molar-refractivity contribution in [2.75, 3.05) is 13.1 Å². The third kappa shape index (κ3) is 2.61. The van der Waals surface area contributed by atoms with Crippen LogP contribution in [0.4, 0.5) is 8.78 Å². The van der Waals surface area contributed by atoms with Gasteiger partial charge in [-0.05, 0) is 38.9 Å². The summed E-state index contributed by atoms with van der Waals surface area (Å²) in [5, 5.41) is 9.09. The molecule has 1 aliphatic rings. The van der Waals surface area contributed by atoms with Gasteiger partial charge in [0.25, 0.3) is 0 Å². The lowest BCUT2D eigenvalue weighted by Crippen LogP contribution is -2.44. The molecule has 1 saturated heterocycles. The fourth-order valence-corrected chi connectivity index (χ4v) is 2.80. The molecule has 1 N–H and O–H groups in total. The summed E-state index contributed by atoms with van der Waals surface area (Å²) in [7, 11) is 0. The summed E-state index contributed by atoms with van der Waals surface area (Å²) in [5.41, 5.74) is -0.883. The van der Waals surface area contributed by atoms with Gasteiger partial charge in [-0.1, -0.05) is 12.1 Å². The summed E-state index contributed by atoms with van der Waals surface area (Å²) in [6.45, 7) is 3.09. The fraction of sp³-hybridized carbons (Fsp3) is 0.500. The van der Waals surface area contributed by atoms with E-state index in [0.29, 0.717) is 13.1 Å². The first-order valence-corrected chi connectivity index (χ1v) is 6.36. The van der Waals surface area contributed by atoms with Gasteiger partial charge in [-0.25, -0.2) is 8.78 Å². The van der Waals surface area contributed by atoms with Crippen LogP contribution < -0.4 is 0 Å². The minimum absolute atomic E-state index is 0.122. The van der Waals surface area contributed by atoms with Crippen molar-refractivity contribution in [3.63, 3.8) is 0 Å². The molecule has 1 atom stereocenters. The topological polar surface area (TPSA) is 40.5 Å². The van der Waals surface area contributed by atoms with E-state index in [0.717, 1.165) is 18.9 Å². The summed E-state index contributed by atoms with van der Waals surface area (Å²) in [6.07, 6.45) is 1.66. The summed E-state index contributed by atoms with van der Waals surface area (Å²) in [5.74, 6) is -2.90. The molecule has 0 spiro atoms. The molecule has 0 aliphatic carbocycles. The lowest BCUT2D eigenvalue weighted by Gasteiger charge is -2.38. The predicted molar refractivity (Wildman–Crippen MR) is 66.8 cm³/mol. The number of carbonyl (C=O) groups is 1. The number of carboxylic acid groups (broad SMARTS) is 1. The van der Waals surface area contributed by atoms with Crippen molar-refractivity contribution in [1.82, 2.24) is 4.90 Å². The van der Waals surface area contributed by atoms with E-state index >= 15 is 0 Å². The first kappa shape index (κ1) is 13.9. The Morgan fingerprint density at radius 2 is 2.00 bits per heavy atom. The van der Waals surface area contributed by atoms with E-state index in [1.165, 1.54) is 12.1 Å². The van der Waals surface area contributed by atoms with Gasteiger partial charge < -0.3 is 5.11 Å². The van der Waals surface area contributed by atoms with E-state index in [2.05, 4.69) is 0 Å². The van der Waals surface area contributed by atoms with Crippen molar-refractivity contribution < 1.29 is 18.7 Å². The molecule has 1 fully saturated rings. The van der Waals surface area contributed by atoms with Crippen LogP contribution in [0.5, 0.6) is 0 Å². The zero-order valence-corrected chi connectivity index (χ0v) is 10.8. The molecule has 104 valence electrons. The first-order valence-electron chi connectivity index (χ1n) is 6.36. The van der Waals surface area contributed by atoms with Crippen molar-refractivity contribution in [3.8, 4) is 0 Å². The van der Waals surface area contributed by atoms with Crippen LogP contribution in [0.1, 0.15) is 31.7 Å². The molecule has 1 heterocycles. The Morgan fingerprint density at radius 1 is 1.37 bits per heavy atom. The molecule has 1 unspecified atom stereocenters. The molecule has 2 rings (SSSR count). The van der Waals surface area contributed by atoms with Gasteiger partial charge in [-0.15, -0.1) is 0 Å². The molecular formula is C14H17F2NO2. The van der Waals surface area contributed by atoms with Gasteiger partial charge in [0.1, 0.15) is 0 Å². The zero-order valence-electron chi connectivity index (χ0n) is 10.8. The van der Waals surface area contributed by atoms with E-state index in [-0.39, 0.29) is 12.0 Å². The maximum absolute atomic E-state index is 14.0. The maximum atomic E-state index is 14.0. The van der Waals surface area contributed by atoms with E-state index in [1.54, 1.807) is 6.92 Å². The Kier molecular flexibility index (Phi) is 3.85. The average Bonchev–Trinajstić information content (AvgIpc) is 2.85. The van der Waals surface area contributed by atoms with E-state index in [9.17, 15) is 13.6 Å². The molecule has 1 aliphatic heterocycles. The van der Waals surface area contributed by atoms with Crippen molar-refractivity contribution >= 4 is 5.97 Å². The number of hydrogen-bond acceptors (Lipinski definition) is 2. The summed E-state index contributed by atoms with van der Waals surface area (Å²) in [4.78, 5) is 13.0. The fourth-order valence-electron chi connectivity index (χ4n) is 2.80. The highest BCUT2D eigenvalue weighted by atomic mass is 19.2. The van der Waals surface area contributed by atoms with Gasteiger partial charge in [0.15, 0.2) is 11.6 Å². The summed E-state index contributed by atoms with van der Waals surface area (Å²) >= 11 is 0. The average molecular weight is 269 g/mol. The zero-order chi connectivity index (χ0) is 14.0. The van der Waals surface area contributed by atoms with Crippen LogP contribution >= 0.6 is 0 Å². The molecule has 0 radical (unpaired) electrons. The Morgan fingerprint density at radius 3 is 2.58 bits per heavy atom. The van der Waals surface area contributed by atoms with E-state index in [4.69, 9.17) is 5.11 Å². The van der Waals surface area contributed by atoms with Crippen LogP contribution in [-0.2, 0) is 10.3 Å². The van der Waals surface area contributed by atoms with Gasteiger partial charge in [-0.2, -0.15) is 0 Å². The first-order chi connectivity index (χ1) is 8.95. The second-order valence-electron chi connectivity index (χ2n) is 5.14. The molecule has 0 saturated carbocycles. The second kappa shape index (κ2) is 5.25. The van der Waals surface area contributed by atoms with Crippen LogP contribution in [0.15, 0.2) is 18.2 Å². The highest BCUT2D eigenvalue weighted by molar-refractivity contribution is 5.69. The number of benzene rings is 1. The van der Waals surface area contributed by atoms with Gasteiger partial charge in [-0.3, -0.25) is 9.69 Å². The standard InChI is InChI=1S/C14H17F2NO2/c1-14(9-12(18)19,17-7-2-3-8-17)10-5-4-6-11(15)13(10)16/h4-6H,2-3,7-9H2,1H3,(H,18,19). The van der Waals surface area contributed by atoms with Crippen molar-refractivity contribution in [2.45, 2.75) is 31.7 Å². The molecule has 1 aromatic rings. The van der Waals surface area contributed by atoms with Crippen molar-refractivity contribution in [2.24, 2.45) is 0 Å². The number of hydrogen-bond donors (Lipinski definition) is 1. The van der Waals surface area contributed by atoms with Gasteiger partial charge in [0.05, 0.1) is 12.0 Å². The molecule has 0 amide bonds. The molecule has 3 nitrogen and oxygen atoms in total. The molecule has 1 aromatic carbocycles. The largest absolute Gasteiger partial charge is 0.481 e. The van der Waals surface area contributed by atoms with E-state index in [1.807, 2.05) is 4.90 Å². The number of likely N-dealkylation sites (tertiary alicyclic amines) is 1. The van der Waals surface area contributed by atoms with Gasteiger partial charge in [0.2, 0.25) is 0 Å². The smallest absolute Gasteiger partial charge is 0.305 e. The van der Waals surface area contributed by atoms with Crippen molar-refractivity contribution in [1.29, 1.82) is 0 Å². The molecule has 5 heteroatoms. The molecular weight excluding hydrogens is 252 g/mol. The van der Waals surface area contributed by atoms with Crippen LogP contribution in [0.2, 0.25) is 0 Å². The SMILES string of the molecule is CC(CC(=O)O)(c1cccc(F)c1F)N1CCCC1. The van der Waals surface area contributed by atoms with Crippen molar-refractivity contribution in [3.05, 3.63) is 35.4 Å². The minimum atomic E-state index is -1.02. The lowest BCUT2D eigenvalue weighted by atomic mass is 9.86. The Balaban J connectivity index is 2.47. The molecule has 0 aromatic heterocycles. The quantitative estimate of drug-likeness (QED) is 0.913. The van der Waals surface area contributed by atoms with Crippen LogP contribution in [0.25, 0.3) is 0 Å². The Hall–Kier alpha value is -1.49. The highest BCUT2D eigenvalue weighted by Gasteiger charge is 2.39. The number of nitrogens with zero attached hydrogens (tertiary/aromatic N) is 1. The number of halogens is 2. The lowest BCUT2D eigenvalue weighted by molar-refractivity contribution is -0.140. The number of rotatable bonds is 4. The Labute approximate surface area is 110 Å². The Bertz CT molecular complexity index is 486. The summed E-state index contributed by atoms with van der Waals surface area (Å²) in [6, 6.07) is 3.94. The monoisotopic (exact) mass is 269 g/mol. The number of aliphatic carboxylic acids is 1. The van der Waals surface area contributed by atoms with Crippen LogP contribution in [0.3, 0.4) is 0 Å².